The lowest BCUT2D eigenvalue weighted by molar-refractivity contribution is -0.0807. The fourth-order valence-corrected chi connectivity index (χ4v) is 1.61. The highest BCUT2D eigenvalue weighted by molar-refractivity contribution is 5.33. The molecule has 18 heavy (non-hydrogen) atoms. The fourth-order valence-electron chi connectivity index (χ4n) is 1.61. The van der Waals surface area contributed by atoms with Crippen LogP contribution in [0.3, 0.4) is 0 Å². The summed E-state index contributed by atoms with van der Waals surface area (Å²) < 4.78 is 36.3. The lowest BCUT2D eigenvalue weighted by Gasteiger charge is -2.30. The molecule has 0 saturated heterocycles. The second-order valence-electron chi connectivity index (χ2n) is 4.20. The summed E-state index contributed by atoms with van der Waals surface area (Å²) in [5, 5.41) is 9.93. The van der Waals surface area contributed by atoms with Gasteiger partial charge in [-0.05, 0) is 12.5 Å². The zero-order valence-corrected chi connectivity index (χ0v) is 9.98. The molecule has 1 rings (SSSR count). The number of benzene rings is 1. The van der Waals surface area contributed by atoms with Gasteiger partial charge in [0.05, 0.1) is 6.10 Å². The molecule has 0 aliphatic heterocycles. The number of hydrogen-bond donors (Lipinski definition) is 1. The molecule has 0 radical (unpaired) electrons. The van der Waals surface area contributed by atoms with E-state index in [2.05, 4.69) is 6.58 Å². The van der Waals surface area contributed by atoms with Gasteiger partial charge in [0, 0.05) is 11.5 Å². The van der Waals surface area contributed by atoms with Crippen molar-refractivity contribution in [2.24, 2.45) is 0 Å². The van der Waals surface area contributed by atoms with Crippen LogP contribution in [-0.4, -0.2) is 17.4 Å². The summed E-state index contributed by atoms with van der Waals surface area (Å²) in [5.74, 6) is 0. The van der Waals surface area contributed by atoms with Crippen molar-refractivity contribution >= 4 is 0 Å². The minimum Gasteiger partial charge on any atom is -0.388 e. The van der Waals surface area contributed by atoms with Gasteiger partial charge in [-0.2, -0.15) is 13.2 Å². The van der Waals surface area contributed by atoms with Gasteiger partial charge in [-0.25, -0.2) is 0 Å². The number of aliphatic hydroxyl groups is 1. The third kappa shape index (κ3) is 3.47. The first-order chi connectivity index (χ1) is 8.29. The van der Waals surface area contributed by atoms with Crippen molar-refractivity contribution in [2.75, 3.05) is 0 Å². The van der Waals surface area contributed by atoms with Gasteiger partial charge in [0.1, 0.15) is 0 Å². The van der Waals surface area contributed by atoms with Gasteiger partial charge in [-0.1, -0.05) is 42.5 Å². The molecule has 0 unspecified atom stereocenters. The molecule has 1 aromatic rings. The van der Waals surface area contributed by atoms with Crippen molar-refractivity contribution in [2.45, 2.75) is 24.6 Å². The van der Waals surface area contributed by atoms with E-state index in [1.807, 2.05) is 0 Å². The molecule has 0 aliphatic rings. The number of rotatable bonds is 4. The van der Waals surface area contributed by atoms with E-state index in [0.717, 1.165) is 6.08 Å². The molecule has 0 aliphatic carbocycles. The van der Waals surface area contributed by atoms with Crippen LogP contribution in [0.4, 0.5) is 13.2 Å². The molecular formula is C14H15F3O. The van der Waals surface area contributed by atoms with E-state index in [0.29, 0.717) is 5.56 Å². The number of hydrogen-bond acceptors (Lipinski definition) is 1. The molecule has 0 bridgehead atoms. The van der Waals surface area contributed by atoms with Crippen molar-refractivity contribution in [3.8, 4) is 0 Å². The van der Waals surface area contributed by atoms with Crippen LogP contribution in [0.25, 0.3) is 0 Å². The molecule has 1 N–H and O–H groups in total. The van der Waals surface area contributed by atoms with Crippen LogP contribution < -0.4 is 0 Å². The average molecular weight is 256 g/mol. The minimum atomic E-state index is -4.43. The summed E-state index contributed by atoms with van der Waals surface area (Å²) in [6.45, 7) is 5.24. The van der Waals surface area contributed by atoms with Gasteiger partial charge < -0.3 is 5.11 Å². The molecule has 0 aromatic heterocycles. The number of alkyl halides is 3. The van der Waals surface area contributed by atoms with Crippen LogP contribution in [-0.2, 0) is 5.41 Å². The first-order valence-electron chi connectivity index (χ1n) is 5.43. The maximum atomic E-state index is 12.1. The SMILES string of the molecule is C=C[C@](C)(c1ccccc1)[C@H](O)/C=C/C(F)(F)F. The van der Waals surface area contributed by atoms with Crippen molar-refractivity contribution in [1.82, 2.24) is 0 Å². The maximum absolute atomic E-state index is 12.1. The molecule has 0 fully saturated rings. The predicted octanol–water partition coefficient (Wildman–Crippen LogP) is 3.61. The van der Waals surface area contributed by atoms with Crippen molar-refractivity contribution in [3.63, 3.8) is 0 Å². The first kappa shape index (κ1) is 14.5. The summed E-state index contributed by atoms with van der Waals surface area (Å²) in [5.41, 5.74) is -0.248. The van der Waals surface area contributed by atoms with E-state index in [9.17, 15) is 18.3 Å². The second-order valence-corrected chi connectivity index (χ2v) is 4.20. The first-order valence-corrected chi connectivity index (χ1v) is 5.43. The highest BCUT2D eigenvalue weighted by Gasteiger charge is 2.31. The summed E-state index contributed by atoms with van der Waals surface area (Å²) in [6.07, 6.45) is -3.48. The number of aliphatic hydroxyl groups excluding tert-OH is 1. The Morgan fingerprint density at radius 2 is 1.78 bits per heavy atom. The zero-order valence-electron chi connectivity index (χ0n) is 9.98. The molecule has 2 atom stereocenters. The van der Waals surface area contributed by atoms with E-state index in [1.54, 1.807) is 37.3 Å². The van der Waals surface area contributed by atoms with E-state index in [-0.39, 0.29) is 6.08 Å². The normalized spacial score (nSPS) is 17.4. The highest BCUT2D eigenvalue weighted by Crippen LogP contribution is 2.30. The Labute approximate surface area is 104 Å². The van der Waals surface area contributed by atoms with Crippen molar-refractivity contribution in [3.05, 3.63) is 60.7 Å². The van der Waals surface area contributed by atoms with Crippen LogP contribution in [0.15, 0.2) is 55.1 Å². The van der Waals surface area contributed by atoms with Crippen LogP contribution in [0, 0.1) is 0 Å². The molecule has 1 aromatic carbocycles. The summed E-state index contributed by atoms with van der Waals surface area (Å²) >= 11 is 0. The van der Waals surface area contributed by atoms with Crippen molar-refractivity contribution < 1.29 is 18.3 Å². The van der Waals surface area contributed by atoms with E-state index in [1.165, 1.54) is 6.08 Å². The summed E-state index contributed by atoms with van der Waals surface area (Å²) in [7, 11) is 0. The van der Waals surface area contributed by atoms with E-state index in [4.69, 9.17) is 0 Å². The largest absolute Gasteiger partial charge is 0.409 e. The van der Waals surface area contributed by atoms with Gasteiger partial charge >= 0.3 is 6.18 Å². The number of halogens is 3. The summed E-state index contributed by atoms with van der Waals surface area (Å²) in [4.78, 5) is 0. The van der Waals surface area contributed by atoms with Gasteiger partial charge in [0.2, 0.25) is 0 Å². The standard InChI is InChI=1S/C14H15F3O/c1-3-13(2,11-7-5-4-6-8-11)12(18)9-10-14(15,16)17/h3-10,12,18H,1H2,2H3/b10-9+/t12-,13-/m1/s1. The van der Waals surface area contributed by atoms with Crippen molar-refractivity contribution in [1.29, 1.82) is 0 Å². The third-order valence-corrected chi connectivity index (χ3v) is 2.90. The Morgan fingerprint density at radius 1 is 1.22 bits per heavy atom. The Bertz CT molecular complexity index is 422. The molecule has 98 valence electrons. The average Bonchev–Trinajstić information content (AvgIpc) is 2.35. The lowest BCUT2D eigenvalue weighted by atomic mass is 9.77. The zero-order chi connectivity index (χ0) is 13.8. The van der Waals surface area contributed by atoms with Gasteiger partial charge in [-0.3, -0.25) is 0 Å². The molecule has 0 saturated carbocycles. The van der Waals surface area contributed by atoms with E-state index < -0.39 is 17.7 Å². The smallest absolute Gasteiger partial charge is 0.388 e. The van der Waals surface area contributed by atoms with Crippen LogP contribution in [0.2, 0.25) is 0 Å². The third-order valence-electron chi connectivity index (χ3n) is 2.90. The van der Waals surface area contributed by atoms with E-state index >= 15 is 0 Å². The maximum Gasteiger partial charge on any atom is 0.409 e. The number of allylic oxidation sites excluding steroid dienone is 1. The monoisotopic (exact) mass is 256 g/mol. The summed E-state index contributed by atoms with van der Waals surface area (Å²) in [6, 6.07) is 8.80. The Balaban J connectivity index is 3.02. The molecule has 0 spiro atoms. The van der Waals surface area contributed by atoms with Crippen LogP contribution in [0.1, 0.15) is 12.5 Å². The quantitative estimate of drug-likeness (QED) is 0.816. The topological polar surface area (TPSA) is 20.2 Å². The molecule has 0 amide bonds. The molecule has 4 heteroatoms. The second kappa shape index (κ2) is 5.40. The Morgan fingerprint density at radius 3 is 2.22 bits per heavy atom. The fraction of sp³-hybridized carbons (Fsp3) is 0.286. The molecular weight excluding hydrogens is 241 g/mol. The predicted molar refractivity (Wildman–Crippen MR) is 65.2 cm³/mol. The van der Waals surface area contributed by atoms with Gasteiger partial charge in [-0.15, -0.1) is 6.58 Å². The molecule has 1 nitrogen and oxygen atoms in total. The van der Waals surface area contributed by atoms with Gasteiger partial charge in [0.15, 0.2) is 0 Å². The minimum absolute atomic E-state index is 0.0440. The lowest BCUT2D eigenvalue weighted by Crippen LogP contribution is -2.33. The molecule has 0 heterocycles. The highest BCUT2D eigenvalue weighted by atomic mass is 19.4. The van der Waals surface area contributed by atoms with Crippen LogP contribution in [0.5, 0.6) is 0 Å². The Hall–Kier alpha value is -1.55. The Kier molecular flexibility index (Phi) is 4.35. The van der Waals surface area contributed by atoms with Crippen LogP contribution >= 0.6 is 0 Å². The van der Waals surface area contributed by atoms with Gasteiger partial charge in [0.25, 0.3) is 0 Å².